The average molecular weight is 335 g/mol. The van der Waals surface area contributed by atoms with Crippen LogP contribution in [0.15, 0.2) is 45.7 Å². The molecule has 0 aliphatic carbocycles. The van der Waals surface area contributed by atoms with Gasteiger partial charge < -0.3 is 14.1 Å². The molecule has 3 rings (SSSR count). The second-order valence-electron chi connectivity index (χ2n) is 5.65. The zero-order valence-corrected chi connectivity index (χ0v) is 14.2. The van der Waals surface area contributed by atoms with Gasteiger partial charge in [0, 0.05) is 12.2 Å². The van der Waals surface area contributed by atoms with Gasteiger partial charge in [-0.3, -0.25) is 0 Å². The maximum Gasteiger partial charge on any atom is 0.178 e. The van der Waals surface area contributed by atoms with Crippen molar-refractivity contribution >= 4 is 15.5 Å². The first-order chi connectivity index (χ1) is 11.0. The molecule has 6 heteroatoms. The second kappa shape index (κ2) is 6.37. The SMILES string of the molecule is CCS(=O)(=O)c1ccc(N2CCO[C@@H](c3ccc(C)o3)C2)cc1. The van der Waals surface area contributed by atoms with Crippen molar-refractivity contribution < 1.29 is 17.6 Å². The number of aryl methyl sites for hydroxylation is 1. The van der Waals surface area contributed by atoms with E-state index in [1.165, 1.54) is 0 Å². The lowest BCUT2D eigenvalue weighted by molar-refractivity contribution is 0.0253. The van der Waals surface area contributed by atoms with Crippen LogP contribution in [-0.4, -0.2) is 33.9 Å². The van der Waals surface area contributed by atoms with Crippen LogP contribution < -0.4 is 4.90 Å². The van der Waals surface area contributed by atoms with Crippen LogP contribution in [0.5, 0.6) is 0 Å². The summed E-state index contributed by atoms with van der Waals surface area (Å²) in [5.74, 6) is 1.82. The van der Waals surface area contributed by atoms with E-state index in [1.807, 2.05) is 31.2 Å². The number of hydrogen-bond donors (Lipinski definition) is 0. The number of furan rings is 1. The molecule has 0 N–H and O–H groups in total. The Morgan fingerprint density at radius 1 is 1.17 bits per heavy atom. The Bertz CT molecular complexity index is 764. The number of anilines is 1. The molecule has 0 spiro atoms. The van der Waals surface area contributed by atoms with Crippen LogP contribution in [0.4, 0.5) is 5.69 Å². The fourth-order valence-corrected chi connectivity index (χ4v) is 3.60. The number of rotatable bonds is 4. The molecule has 0 unspecified atom stereocenters. The average Bonchev–Trinajstić information content (AvgIpc) is 3.02. The molecule has 1 aliphatic heterocycles. The zero-order valence-electron chi connectivity index (χ0n) is 13.4. The molecule has 1 aliphatic rings. The van der Waals surface area contributed by atoms with Crippen molar-refractivity contribution in [3.63, 3.8) is 0 Å². The predicted octanol–water partition coefficient (Wildman–Crippen LogP) is 2.96. The second-order valence-corrected chi connectivity index (χ2v) is 7.93. The number of nitrogens with zero attached hydrogens (tertiary/aromatic N) is 1. The summed E-state index contributed by atoms with van der Waals surface area (Å²) in [5, 5.41) is 0. The highest BCUT2D eigenvalue weighted by atomic mass is 32.2. The minimum Gasteiger partial charge on any atom is -0.464 e. The van der Waals surface area contributed by atoms with Crippen LogP contribution in [-0.2, 0) is 14.6 Å². The minimum atomic E-state index is -3.15. The van der Waals surface area contributed by atoms with E-state index < -0.39 is 9.84 Å². The molecule has 2 aromatic rings. The molecule has 0 bridgehead atoms. The lowest BCUT2D eigenvalue weighted by atomic mass is 10.2. The first kappa shape index (κ1) is 16.1. The number of benzene rings is 1. The molecule has 23 heavy (non-hydrogen) atoms. The van der Waals surface area contributed by atoms with Crippen molar-refractivity contribution in [1.82, 2.24) is 0 Å². The Hall–Kier alpha value is -1.79. The third kappa shape index (κ3) is 3.43. The van der Waals surface area contributed by atoms with E-state index >= 15 is 0 Å². The highest BCUT2D eigenvalue weighted by molar-refractivity contribution is 7.91. The van der Waals surface area contributed by atoms with Crippen LogP contribution in [0.2, 0.25) is 0 Å². The number of sulfone groups is 1. The van der Waals surface area contributed by atoms with Gasteiger partial charge in [-0.2, -0.15) is 0 Å². The van der Waals surface area contributed by atoms with Crippen LogP contribution in [0, 0.1) is 6.92 Å². The molecule has 1 aromatic carbocycles. The lowest BCUT2D eigenvalue weighted by Crippen LogP contribution is -2.38. The normalized spacial score (nSPS) is 19.0. The molecule has 5 nitrogen and oxygen atoms in total. The molecule has 0 saturated carbocycles. The lowest BCUT2D eigenvalue weighted by Gasteiger charge is -2.33. The van der Waals surface area contributed by atoms with E-state index in [0.29, 0.717) is 18.0 Å². The molecular formula is C17H21NO4S. The van der Waals surface area contributed by atoms with E-state index in [-0.39, 0.29) is 11.9 Å². The highest BCUT2D eigenvalue weighted by Gasteiger charge is 2.25. The van der Waals surface area contributed by atoms with Gasteiger partial charge in [-0.1, -0.05) is 6.92 Å². The van der Waals surface area contributed by atoms with Crippen LogP contribution >= 0.6 is 0 Å². The van der Waals surface area contributed by atoms with Gasteiger partial charge in [-0.25, -0.2) is 8.42 Å². The first-order valence-corrected chi connectivity index (χ1v) is 9.40. The molecule has 1 fully saturated rings. The predicted molar refractivity (Wildman–Crippen MR) is 88.5 cm³/mol. The zero-order chi connectivity index (χ0) is 16.4. The van der Waals surface area contributed by atoms with Crippen LogP contribution in [0.1, 0.15) is 24.5 Å². The standard InChI is InChI=1S/C17H21NO4S/c1-3-23(19,20)15-7-5-14(6-8-15)18-10-11-21-17(12-18)16-9-4-13(2)22-16/h4-9,17H,3,10-12H2,1-2H3/t17-/m1/s1. The Morgan fingerprint density at radius 2 is 1.91 bits per heavy atom. The van der Waals surface area contributed by atoms with Gasteiger partial charge >= 0.3 is 0 Å². The van der Waals surface area contributed by atoms with Gasteiger partial charge in [-0.05, 0) is 43.3 Å². The summed E-state index contributed by atoms with van der Waals surface area (Å²) in [5.41, 5.74) is 0.997. The molecule has 124 valence electrons. The number of hydrogen-bond acceptors (Lipinski definition) is 5. The summed E-state index contributed by atoms with van der Waals surface area (Å²) in [6.45, 7) is 5.64. The van der Waals surface area contributed by atoms with E-state index in [9.17, 15) is 8.42 Å². The first-order valence-electron chi connectivity index (χ1n) is 7.75. The maximum absolute atomic E-state index is 11.9. The van der Waals surface area contributed by atoms with Crippen molar-refractivity contribution in [1.29, 1.82) is 0 Å². The van der Waals surface area contributed by atoms with Gasteiger partial charge in [0.2, 0.25) is 0 Å². The third-order valence-corrected chi connectivity index (χ3v) is 5.84. The molecule has 2 heterocycles. The van der Waals surface area contributed by atoms with Crippen molar-refractivity contribution in [3.05, 3.63) is 47.9 Å². The molecular weight excluding hydrogens is 314 g/mol. The topological polar surface area (TPSA) is 59.8 Å². The van der Waals surface area contributed by atoms with Gasteiger partial charge in [0.25, 0.3) is 0 Å². The van der Waals surface area contributed by atoms with E-state index in [2.05, 4.69) is 4.90 Å². The van der Waals surface area contributed by atoms with Gasteiger partial charge in [0.1, 0.15) is 17.6 Å². The summed E-state index contributed by atoms with van der Waals surface area (Å²) in [7, 11) is -3.15. The fourth-order valence-electron chi connectivity index (χ4n) is 2.71. The quantitative estimate of drug-likeness (QED) is 0.860. The monoisotopic (exact) mass is 335 g/mol. The largest absolute Gasteiger partial charge is 0.464 e. The number of ether oxygens (including phenoxy) is 1. The molecule has 0 radical (unpaired) electrons. The Balaban J connectivity index is 1.76. The molecule has 0 amide bonds. The minimum absolute atomic E-state index is 0.100. The summed E-state index contributed by atoms with van der Waals surface area (Å²) in [4.78, 5) is 2.56. The smallest absolute Gasteiger partial charge is 0.178 e. The fraction of sp³-hybridized carbons (Fsp3) is 0.412. The van der Waals surface area contributed by atoms with E-state index in [4.69, 9.17) is 9.15 Å². The molecule has 1 aromatic heterocycles. The Morgan fingerprint density at radius 3 is 2.52 bits per heavy atom. The Labute approximate surface area is 136 Å². The summed E-state index contributed by atoms with van der Waals surface area (Å²) >= 11 is 0. The van der Waals surface area contributed by atoms with Crippen molar-refractivity contribution in [2.75, 3.05) is 30.3 Å². The van der Waals surface area contributed by atoms with Crippen LogP contribution in [0.3, 0.4) is 0 Å². The third-order valence-electron chi connectivity index (χ3n) is 4.09. The van der Waals surface area contributed by atoms with Gasteiger partial charge in [0.15, 0.2) is 9.84 Å². The maximum atomic E-state index is 11.9. The summed E-state index contributed by atoms with van der Waals surface area (Å²) < 4.78 is 35.2. The van der Waals surface area contributed by atoms with Crippen molar-refractivity contribution in [2.24, 2.45) is 0 Å². The molecule has 1 atom stereocenters. The van der Waals surface area contributed by atoms with Crippen molar-refractivity contribution in [2.45, 2.75) is 24.8 Å². The van der Waals surface area contributed by atoms with E-state index in [0.717, 1.165) is 23.8 Å². The van der Waals surface area contributed by atoms with Gasteiger partial charge in [-0.15, -0.1) is 0 Å². The molecule has 1 saturated heterocycles. The Kier molecular flexibility index (Phi) is 4.46. The summed E-state index contributed by atoms with van der Waals surface area (Å²) in [6, 6.07) is 10.9. The van der Waals surface area contributed by atoms with E-state index in [1.54, 1.807) is 19.1 Å². The van der Waals surface area contributed by atoms with Gasteiger partial charge in [0.05, 0.1) is 23.8 Å². The summed E-state index contributed by atoms with van der Waals surface area (Å²) in [6.07, 6.45) is -0.100. The number of morpholine rings is 1. The highest BCUT2D eigenvalue weighted by Crippen LogP contribution is 2.28. The van der Waals surface area contributed by atoms with Crippen LogP contribution in [0.25, 0.3) is 0 Å². The van der Waals surface area contributed by atoms with Crippen molar-refractivity contribution in [3.8, 4) is 0 Å².